The van der Waals surface area contributed by atoms with E-state index in [1.807, 2.05) is 0 Å². The normalized spacial score (nSPS) is 12.9. The molecule has 0 bridgehead atoms. The van der Waals surface area contributed by atoms with Crippen molar-refractivity contribution in [3.8, 4) is 0 Å². The molecule has 0 fully saturated rings. The molecule has 0 aromatic heterocycles. The van der Waals surface area contributed by atoms with Crippen LogP contribution in [0.2, 0.25) is 0 Å². The van der Waals surface area contributed by atoms with E-state index in [2.05, 4.69) is 20.8 Å². The molecule has 103 valence electrons. The second kappa shape index (κ2) is 14.1. The topological polar surface area (TPSA) is 0 Å². The third kappa shape index (κ3) is 12.2. The van der Waals surface area contributed by atoms with E-state index in [0.717, 1.165) is 12.3 Å². The molecule has 0 saturated heterocycles. The van der Waals surface area contributed by atoms with Crippen molar-refractivity contribution in [1.82, 2.24) is 0 Å². The predicted octanol–water partition coefficient (Wildman–Crippen LogP) is 6.55. The molecule has 0 heterocycles. The van der Waals surface area contributed by atoms with Gasteiger partial charge in [0.25, 0.3) is 0 Å². The fraction of sp³-hybridized carbons (Fsp3) is 0.941. The van der Waals surface area contributed by atoms with E-state index in [4.69, 9.17) is 0 Å². The lowest BCUT2D eigenvalue weighted by atomic mass is 9.91. The molecule has 1 unspecified atom stereocenters. The summed E-state index contributed by atoms with van der Waals surface area (Å²) in [5.74, 6) is 1.03. The van der Waals surface area contributed by atoms with Crippen molar-refractivity contribution >= 4 is 0 Å². The van der Waals surface area contributed by atoms with E-state index in [-0.39, 0.29) is 0 Å². The van der Waals surface area contributed by atoms with Crippen LogP contribution in [0.3, 0.4) is 0 Å². The highest BCUT2D eigenvalue weighted by molar-refractivity contribution is 4.59. The van der Waals surface area contributed by atoms with Crippen LogP contribution in [-0.4, -0.2) is 0 Å². The maximum absolute atomic E-state index is 3.89. The molecule has 17 heavy (non-hydrogen) atoms. The average molecular weight is 239 g/mol. The van der Waals surface area contributed by atoms with Crippen LogP contribution >= 0.6 is 0 Å². The van der Waals surface area contributed by atoms with Gasteiger partial charge in [0.2, 0.25) is 0 Å². The van der Waals surface area contributed by atoms with E-state index in [0.29, 0.717) is 0 Å². The van der Waals surface area contributed by atoms with Crippen LogP contribution in [0, 0.1) is 12.8 Å². The summed E-state index contributed by atoms with van der Waals surface area (Å²) in [5, 5.41) is 0. The number of rotatable bonds is 13. The largest absolute Gasteiger partial charge is 0.0654 e. The molecule has 0 aromatic carbocycles. The maximum atomic E-state index is 3.89. The van der Waals surface area contributed by atoms with Gasteiger partial charge in [-0.05, 0) is 5.92 Å². The van der Waals surface area contributed by atoms with Crippen molar-refractivity contribution in [3.05, 3.63) is 6.92 Å². The van der Waals surface area contributed by atoms with E-state index in [1.165, 1.54) is 77.0 Å². The first-order chi connectivity index (χ1) is 8.35. The Balaban J connectivity index is 3.34. The number of hydrogen-bond acceptors (Lipinski definition) is 0. The SMILES string of the molecule is [CH2]CCCCCCCCC(CCC)CCCC. The molecule has 0 amide bonds. The summed E-state index contributed by atoms with van der Waals surface area (Å²) >= 11 is 0. The van der Waals surface area contributed by atoms with Gasteiger partial charge in [0.05, 0.1) is 0 Å². The second-order valence-corrected chi connectivity index (χ2v) is 5.56. The molecule has 0 aliphatic heterocycles. The lowest BCUT2D eigenvalue weighted by molar-refractivity contribution is 0.383. The van der Waals surface area contributed by atoms with Gasteiger partial charge in [-0.1, -0.05) is 104 Å². The van der Waals surface area contributed by atoms with Gasteiger partial charge < -0.3 is 0 Å². The van der Waals surface area contributed by atoms with Crippen LogP contribution in [-0.2, 0) is 0 Å². The number of unbranched alkanes of at least 4 members (excludes halogenated alkanes) is 7. The van der Waals surface area contributed by atoms with Gasteiger partial charge in [0.15, 0.2) is 0 Å². The first kappa shape index (κ1) is 17.0. The minimum Gasteiger partial charge on any atom is -0.0654 e. The Morgan fingerprint density at radius 2 is 1.24 bits per heavy atom. The molecule has 0 spiro atoms. The third-order valence-electron chi connectivity index (χ3n) is 3.78. The average Bonchev–Trinajstić information content (AvgIpc) is 2.34. The Morgan fingerprint density at radius 1 is 0.647 bits per heavy atom. The zero-order valence-corrected chi connectivity index (χ0v) is 12.5. The highest BCUT2D eigenvalue weighted by atomic mass is 14.1. The summed E-state index contributed by atoms with van der Waals surface area (Å²) in [6.45, 7) is 8.53. The lowest BCUT2D eigenvalue weighted by Crippen LogP contribution is -2.00. The van der Waals surface area contributed by atoms with Gasteiger partial charge in [-0.25, -0.2) is 0 Å². The zero-order valence-electron chi connectivity index (χ0n) is 12.5. The molecule has 0 aromatic rings. The lowest BCUT2D eigenvalue weighted by Gasteiger charge is -2.15. The van der Waals surface area contributed by atoms with Crippen molar-refractivity contribution in [2.24, 2.45) is 5.92 Å². The van der Waals surface area contributed by atoms with E-state index < -0.39 is 0 Å². The van der Waals surface area contributed by atoms with E-state index in [1.54, 1.807) is 0 Å². The summed E-state index contributed by atoms with van der Waals surface area (Å²) in [4.78, 5) is 0. The van der Waals surface area contributed by atoms with Gasteiger partial charge in [-0.2, -0.15) is 0 Å². The van der Waals surface area contributed by atoms with E-state index in [9.17, 15) is 0 Å². The third-order valence-corrected chi connectivity index (χ3v) is 3.78. The van der Waals surface area contributed by atoms with Crippen molar-refractivity contribution < 1.29 is 0 Å². The molecule has 0 saturated carbocycles. The molecular formula is C17H35. The number of hydrogen-bond donors (Lipinski definition) is 0. The Hall–Kier alpha value is 0. The van der Waals surface area contributed by atoms with E-state index >= 15 is 0 Å². The van der Waals surface area contributed by atoms with Crippen molar-refractivity contribution in [1.29, 1.82) is 0 Å². The Kier molecular flexibility index (Phi) is 14.1. The Bertz CT molecular complexity index is 128. The Labute approximate surface area is 111 Å². The van der Waals surface area contributed by atoms with Crippen molar-refractivity contribution in [3.63, 3.8) is 0 Å². The zero-order chi connectivity index (χ0) is 12.8. The standard InChI is InChI=1S/C17H35/c1-4-7-9-10-11-12-13-16-17(14-6-3)15-8-5-2/h17H,1,4-16H2,2-3H3. The first-order valence-electron chi connectivity index (χ1n) is 8.14. The summed E-state index contributed by atoms with van der Waals surface area (Å²) in [6.07, 6.45) is 18.3. The second-order valence-electron chi connectivity index (χ2n) is 5.56. The van der Waals surface area contributed by atoms with Crippen LogP contribution < -0.4 is 0 Å². The van der Waals surface area contributed by atoms with Crippen molar-refractivity contribution in [2.75, 3.05) is 0 Å². The summed E-state index contributed by atoms with van der Waals surface area (Å²) in [6, 6.07) is 0. The molecule has 0 aliphatic carbocycles. The smallest absolute Gasteiger partial charge is 0.0414 e. The van der Waals surface area contributed by atoms with Crippen LogP contribution in [0.25, 0.3) is 0 Å². The summed E-state index contributed by atoms with van der Waals surface area (Å²) in [5.41, 5.74) is 0. The molecule has 0 nitrogen and oxygen atoms in total. The van der Waals surface area contributed by atoms with Gasteiger partial charge in [-0.15, -0.1) is 0 Å². The monoisotopic (exact) mass is 239 g/mol. The van der Waals surface area contributed by atoms with Crippen LogP contribution in [0.1, 0.15) is 97.3 Å². The molecule has 1 radical (unpaired) electrons. The quantitative estimate of drug-likeness (QED) is 0.320. The summed E-state index contributed by atoms with van der Waals surface area (Å²) in [7, 11) is 0. The summed E-state index contributed by atoms with van der Waals surface area (Å²) < 4.78 is 0. The minimum atomic E-state index is 1.03. The molecular weight excluding hydrogens is 204 g/mol. The molecule has 0 N–H and O–H groups in total. The minimum absolute atomic E-state index is 1.03. The fourth-order valence-corrected chi connectivity index (χ4v) is 2.65. The first-order valence-corrected chi connectivity index (χ1v) is 8.14. The molecule has 0 aliphatic rings. The fourth-order valence-electron chi connectivity index (χ4n) is 2.65. The molecule has 1 atom stereocenters. The van der Waals surface area contributed by atoms with Crippen LogP contribution in [0.4, 0.5) is 0 Å². The predicted molar refractivity (Wildman–Crippen MR) is 80.2 cm³/mol. The van der Waals surface area contributed by atoms with Crippen molar-refractivity contribution in [2.45, 2.75) is 97.3 Å². The highest BCUT2D eigenvalue weighted by Crippen LogP contribution is 2.22. The van der Waals surface area contributed by atoms with Crippen LogP contribution in [0.15, 0.2) is 0 Å². The van der Waals surface area contributed by atoms with Gasteiger partial charge >= 0.3 is 0 Å². The van der Waals surface area contributed by atoms with Gasteiger partial charge in [0.1, 0.15) is 0 Å². The van der Waals surface area contributed by atoms with Gasteiger partial charge in [0, 0.05) is 0 Å². The molecule has 0 rings (SSSR count). The molecule has 0 heteroatoms. The Morgan fingerprint density at radius 3 is 1.82 bits per heavy atom. The van der Waals surface area contributed by atoms with Crippen LogP contribution in [0.5, 0.6) is 0 Å². The van der Waals surface area contributed by atoms with Gasteiger partial charge in [-0.3, -0.25) is 0 Å². The highest BCUT2D eigenvalue weighted by Gasteiger charge is 2.06. The maximum Gasteiger partial charge on any atom is -0.0414 e.